The molecule has 2 amide bonds. The third-order valence-corrected chi connectivity index (χ3v) is 4.70. The van der Waals surface area contributed by atoms with Crippen molar-refractivity contribution in [2.24, 2.45) is 0 Å². The first kappa shape index (κ1) is 20.8. The number of nitrogens with zero attached hydrogens (tertiary/aromatic N) is 1. The number of rotatable bonds is 5. The van der Waals surface area contributed by atoms with E-state index in [4.69, 9.17) is 0 Å². The number of carbonyl (C=O) groups is 2. The van der Waals surface area contributed by atoms with E-state index in [0.717, 1.165) is 33.5 Å². The fraction of sp³-hybridized carbons (Fsp3) is 0.160. The quantitative estimate of drug-likeness (QED) is 0.632. The Balaban J connectivity index is 1.74. The van der Waals surface area contributed by atoms with Gasteiger partial charge >= 0.3 is 0 Å². The highest BCUT2D eigenvalue weighted by Gasteiger charge is 2.11. The van der Waals surface area contributed by atoms with Crippen molar-refractivity contribution in [3.8, 4) is 23.0 Å². The summed E-state index contributed by atoms with van der Waals surface area (Å²) in [5.74, 6) is 4.52. The number of amides is 2. The van der Waals surface area contributed by atoms with E-state index in [2.05, 4.69) is 27.5 Å². The van der Waals surface area contributed by atoms with Crippen molar-refractivity contribution in [3.63, 3.8) is 0 Å². The Bertz CT molecular complexity index is 1120. The molecule has 0 spiro atoms. The Morgan fingerprint density at radius 2 is 1.67 bits per heavy atom. The lowest BCUT2D eigenvalue weighted by molar-refractivity contribution is -0.115. The minimum absolute atomic E-state index is 0.196. The van der Waals surface area contributed by atoms with Gasteiger partial charge in [-0.15, -0.1) is 0 Å². The molecule has 30 heavy (non-hydrogen) atoms. The zero-order chi connectivity index (χ0) is 21.5. The van der Waals surface area contributed by atoms with E-state index in [-0.39, 0.29) is 11.8 Å². The Hall–Kier alpha value is -3.91. The van der Waals surface area contributed by atoms with E-state index < -0.39 is 0 Å². The van der Waals surface area contributed by atoms with Gasteiger partial charge in [0.05, 0.1) is 5.56 Å². The Kier molecular flexibility index (Phi) is 6.61. The van der Waals surface area contributed by atoms with Crippen LogP contribution in [-0.2, 0) is 11.3 Å². The second kappa shape index (κ2) is 9.53. The summed E-state index contributed by atoms with van der Waals surface area (Å²) in [6, 6.07) is 15.5. The van der Waals surface area contributed by atoms with Crippen molar-refractivity contribution < 1.29 is 9.59 Å². The van der Waals surface area contributed by atoms with Crippen LogP contribution in [0.15, 0.2) is 60.9 Å². The molecular formula is C25H23N3O2. The molecule has 0 fully saturated rings. The fourth-order valence-electron chi connectivity index (χ4n) is 3.07. The van der Waals surface area contributed by atoms with Crippen molar-refractivity contribution in [3.05, 3.63) is 83.2 Å². The Labute approximate surface area is 176 Å². The van der Waals surface area contributed by atoms with Crippen LogP contribution in [0.5, 0.6) is 0 Å². The van der Waals surface area contributed by atoms with Crippen molar-refractivity contribution in [2.45, 2.75) is 27.3 Å². The summed E-state index contributed by atoms with van der Waals surface area (Å²) in [4.78, 5) is 28.4. The molecule has 0 aliphatic carbocycles. The van der Waals surface area contributed by atoms with Crippen LogP contribution >= 0.6 is 0 Å². The van der Waals surface area contributed by atoms with E-state index in [1.54, 1.807) is 19.3 Å². The van der Waals surface area contributed by atoms with Crippen LogP contribution in [0.2, 0.25) is 0 Å². The lowest BCUT2D eigenvalue weighted by Gasteiger charge is -2.12. The van der Waals surface area contributed by atoms with Crippen LogP contribution in [0.25, 0.3) is 11.1 Å². The summed E-state index contributed by atoms with van der Waals surface area (Å²) >= 11 is 0. The zero-order valence-electron chi connectivity index (χ0n) is 17.2. The minimum Gasteiger partial charge on any atom is -0.341 e. The molecule has 2 aromatic carbocycles. The predicted molar refractivity (Wildman–Crippen MR) is 119 cm³/mol. The monoisotopic (exact) mass is 397 g/mol. The molecule has 0 aliphatic heterocycles. The maximum Gasteiger partial charge on any atom is 0.296 e. The topological polar surface area (TPSA) is 71.1 Å². The molecule has 0 atom stereocenters. The number of aromatic nitrogens is 1. The van der Waals surface area contributed by atoms with Gasteiger partial charge in [-0.25, -0.2) is 0 Å². The van der Waals surface area contributed by atoms with Crippen molar-refractivity contribution in [2.75, 3.05) is 5.32 Å². The number of carbonyl (C=O) groups excluding carboxylic acids is 2. The number of benzene rings is 2. The molecule has 0 saturated heterocycles. The number of para-hydroxylation sites is 1. The molecule has 1 heterocycles. The molecule has 0 aliphatic rings. The van der Waals surface area contributed by atoms with Gasteiger partial charge in [-0.3, -0.25) is 14.6 Å². The summed E-state index contributed by atoms with van der Waals surface area (Å²) < 4.78 is 0. The average molecular weight is 397 g/mol. The standard InChI is InChI=1S/C25H23N3O2/c1-4-6-23(29)27-14-19-9-11-20(12-10-19)21-13-22(16-26-15-21)25(30)28-24-17(2)7-5-8-18(24)3/h5,7-13,15-16H,14H2,1-3H3,(H,27,29)(H,28,30). The molecule has 0 radical (unpaired) electrons. The molecule has 5 nitrogen and oxygen atoms in total. The van der Waals surface area contributed by atoms with Crippen LogP contribution < -0.4 is 10.6 Å². The van der Waals surface area contributed by atoms with Crippen LogP contribution in [0.3, 0.4) is 0 Å². The highest BCUT2D eigenvalue weighted by Crippen LogP contribution is 2.23. The highest BCUT2D eigenvalue weighted by molar-refractivity contribution is 6.05. The summed E-state index contributed by atoms with van der Waals surface area (Å²) in [7, 11) is 0. The third-order valence-electron chi connectivity index (χ3n) is 4.70. The van der Waals surface area contributed by atoms with Gasteiger partial charge in [-0.05, 0) is 55.0 Å². The van der Waals surface area contributed by atoms with Crippen molar-refractivity contribution in [1.82, 2.24) is 10.3 Å². The maximum atomic E-state index is 12.8. The first-order valence-electron chi connectivity index (χ1n) is 9.60. The number of hydrogen-bond donors (Lipinski definition) is 2. The second-order valence-corrected chi connectivity index (χ2v) is 6.94. The van der Waals surface area contributed by atoms with E-state index in [9.17, 15) is 9.59 Å². The molecule has 1 aromatic heterocycles. The van der Waals surface area contributed by atoms with Crippen LogP contribution in [0, 0.1) is 25.7 Å². The van der Waals surface area contributed by atoms with E-state index in [0.29, 0.717) is 12.1 Å². The van der Waals surface area contributed by atoms with Gasteiger partial charge in [-0.1, -0.05) is 48.4 Å². The van der Waals surface area contributed by atoms with Crippen LogP contribution in [0.4, 0.5) is 5.69 Å². The van der Waals surface area contributed by atoms with E-state index in [1.165, 1.54) is 0 Å². The lowest BCUT2D eigenvalue weighted by Crippen LogP contribution is -2.20. The van der Waals surface area contributed by atoms with Gasteiger partial charge in [0.15, 0.2) is 0 Å². The average Bonchev–Trinajstić information content (AvgIpc) is 2.75. The van der Waals surface area contributed by atoms with E-state index in [1.807, 2.05) is 62.4 Å². The molecule has 150 valence electrons. The van der Waals surface area contributed by atoms with Gasteiger partial charge in [0.1, 0.15) is 0 Å². The maximum absolute atomic E-state index is 12.8. The first-order chi connectivity index (χ1) is 14.5. The summed E-state index contributed by atoms with van der Waals surface area (Å²) in [5, 5.41) is 5.73. The third kappa shape index (κ3) is 5.12. The summed E-state index contributed by atoms with van der Waals surface area (Å²) in [6.07, 6.45) is 3.29. The zero-order valence-corrected chi connectivity index (χ0v) is 17.2. The molecule has 5 heteroatoms. The number of anilines is 1. The lowest BCUT2D eigenvalue weighted by atomic mass is 10.0. The van der Waals surface area contributed by atoms with Gasteiger partial charge in [-0.2, -0.15) is 0 Å². The summed E-state index contributed by atoms with van der Waals surface area (Å²) in [6.45, 7) is 5.97. The molecule has 0 unspecified atom stereocenters. The van der Waals surface area contributed by atoms with Gasteiger partial charge in [0.2, 0.25) is 0 Å². The largest absolute Gasteiger partial charge is 0.341 e. The molecule has 3 rings (SSSR count). The van der Waals surface area contributed by atoms with Gasteiger partial charge in [0, 0.05) is 30.2 Å². The molecule has 0 saturated carbocycles. The minimum atomic E-state index is -0.298. The Morgan fingerprint density at radius 3 is 2.33 bits per heavy atom. The number of nitrogens with one attached hydrogen (secondary N) is 2. The SMILES string of the molecule is CC#CC(=O)NCc1ccc(-c2cncc(C(=O)Nc3c(C)cccc3C)c2)cc1. The fourth-order valence-corrected chi connectivity index (χ4v) is 3.07. The number of hydrogen-bond acceptors (Lipinski definition) is 3. The first-order valence-corrected chi connectivity index (χ1v) is 9.60. The second-order valence-electron chi connectivity index (χ2n) is 6.94. The molecule has 3 aromatic rings. The smallest absolute Gasteiger partial charge is 0.296 e. The van der Waals surface area contributed by atoms with E-state index >= 15 is 0 Å². The predicted octanol–water partition coefficient (Wildman–Crippen LogP) is 4.26. The van der Waals surface area contributed by atoms with Gasteiger partial charge in [0.25, 0.3) is 11.8 Å². The van der Waals surface area contributed by atoms with Crippen molar-refractivity contribution in [1.29, 1.82) is 0 Å². The highest BCUT2D eigenvalue weighted by atomic mass is 16.2. The van der Waals surface area contributed by atoms with Gasteiger partial charge < -0.3 is 10.6 Å². The molecule has 0 bridgehead atoms. The molecular weight excluding hydrogens is 374 g/mol. The summed E-state index contributed by atoms with van der Waals surface area (Å²) in [5.41, 5.74) is 6.09. The van der Waals surface area contributed by atoms with Crippen molar-refractivity contribution >= 4 is 17.5 Å². The van der Waals surface area contributed by atoms with Crippen LogP contribution in [-0.4, -0.2) is 16.8 Å². The normalized spacial score (nSPS) is 9.97. The number of aryl methyl sites for hydroxylation is 2. The Morgan fingerprint density at radius 1 is 0.967 bits per heavy atom. The number of pyridine rings is 1. The van der Waals surface area contributed by atoms with Crippen LogP contribution in [0.1, 0.15) is 34.0 Å². The molecule has 2 N–H and O–H groups in total.